The highest BCUT2D eigenvalue weighted by molar-refractivity contribution is 5.94. The molecule has 1 N–H and O–H groups in total. The lowest BCUT2D eigenvalue weighted by molar-refractivity contribution is 0.0724. The summed E-state index contributed by atoms with van der Waals surface area (Å²) in [5, 5.41) is 3.19. The Labute approximate surface area is 114 Å². The zero-order valence-electron chi connectivity index (χ0n) is 11.6. The van der Waals surface area contributed by atoms with E-state index in [1.807, 2.05) is 17.0 Å². The van der Waals surface area contributed by atoms with Crippen LogP contribution in [-0.4, -0.2) is 48.6 Å². The van der Waals surface area contributed by atoms with E-state index in [0.29, 0.717) is 12.1 Å². The molecule has 1 unspecified atom stereocenters. The standard InChI is InChI=1S/C14H21N3O2/c1-3-7-15-13-5-4-11(9-16-13)14(18)17-8-6-12(10-17)19-2/h4-5,9,12H,3,6-8,10H2,1-2H3,(H,15,16). The Morgan fingerprint density at radius 3 is 3.00 bits per heavy atom. The molecule has 2 rings (SSSR count). The normalized spacial score (nSPS) is 18.6. The average molecular weight is 263 g/mol. The van der Waals surface area contributed by atoms with Crippen LogP contribution in [0.5, 0.6) is 0 Å². The summed E-state index contributed by atoms with van der Waals surface area (Å²) in [7, 11) is 1.69. The van der Waals surface area contributed by atoms with Crippen LogP contribution in [-0.2, 0) is 4.74 Å². The number of carbonyl (C=O) groups is 1. The van der Waals surface area contributed by atoms with Crippen molar-refractivity contribution in [3.05, 3.63) is 23.9 Å². The number of pyridine rings is 1. The number of aromatic nitrogens is 1. The minimum Gasteiger partial charge on any atom is -0.380 e. The molecule has 0 spiro atoms. The molecule has 0 saturated carbocycles. The van der Waals surface area contributed by atoms with Crippen molar-refractivity contribution < 1.29 is 9.53 Å². The van der Waals surface area contributed by atoms with Crippen molar-refractivity contribution in [3.8, 4) is 0 Å². The van der Waals surface area contributed by atoms with Gasteiger partial charge in [0.2, 0.25) is 0 Å². The third-order valence-corrected chi connectivity index (χ3v) is 3.33. The van der Waals surface area contributed by atoms with E-state index in [2.05, 4.69) is 17.2 Å². The number of hydrogen-bond donors (Lipinski definition) is 1. The Hall–Kier alpha value is -1.62. The van der Waals surface area contributed by atoms with E-state index >= 15 is 0 Å². The second-order valence-corrected chi connectivity index (χ2v) is 4.76. The lowest BCUT2D eigenvalue weighted by Gasteiger charge is -2.16. The second-order valence-electron chi connectivity index (χ2n) is 4.76. The first-order valence-electron chi connectivity index (χ1n) is 6.76. The summed E-state index contributed by atoms with van der Waals surface area (Å²) in [6, 6.07) is 3.68. The van der Waals surface area contributed by atoms with Gasteiger partial charge in [-0.2, -0.15) is 0 Å². The molecule has 5 nitrogen and oxygen atoms in total. The van der Waals surface area contributed by atoms with Gasteiger partial charge in [-0.25, -0.2) is 4.98 Å². The Kier molecular flexibility index (Phi) is 4.74. The largest absolute Gasteiger partial charge is 0.380 e. The third-order valence-electron chi connectivity index (χ3n) is 3.33. The molecule has 1 saturated heterocycles. The third kappa shape index (κ3) is 3.44. The number of anilines is 1. The summed E-state index contributed by atoms with van der Waals surface area (Å²) in [4.78, 5) is 18.3. The molecule has 1 amide bonds. The van der Waals surface area contributed by atoms with Crippen molar-refractivity contribution in [2.75, 3.05) is 32.1 Å². The van der Waals surface area contributed by atoms with Gasteiger partial charge in [0.15, 0.2) is 0 Å². The summed E-state index contributed by atoms with van der Waals surface area (Å²) in [5.74, 6) is 0.851. The fourth-order valence-corrected chi connectivity index (χ4v) is 2.17. The summed E-state index contributed by atoms with van der Waals surface area (Å²) >= 11 is 0. The summed E-state index contributed by atoms with van der Waals surface area (Å²) in [6.45, 7) is 4.42. The highest BCUT2D eigenvalue weighted by Crippen LogP contribution is 2.15. The van der Waals surface area contributed by atoms with E-state index < -0.39 is 0 Å². The molecular weight excluding hydrogens is 242 g/mol. The number of likely N-dealkylation sites (tertiary alicyclic amines) is 1. The highest BCUT2D eigenvalue weighted by atomic mass is 16.5. The summed E-state index contributed by atoms with van der Waals surface area (Å²) in [5.41, 5.74) is 0.638. The Bertz CT molecular complexity index is 419. The fourth-order valence-electron chi connectivity index (χ4n) is 2.17. The molecule has 1 aliphatic rings. The molecular formula is C14H21N3O2. The van der Waals surface area contributed by atoms with Gasteiger partial charge in [0.25, 0.3) is 5.91 Å². The van der Waals surface area contributed by atoms with Crippen molar-refractivity contribution in [2.45, 2.75) is 25.9 Å². The Morgan fingerprint density at radius 1 is 1.58 bits per heavy atom. The lowest BCUT2D eigenvalue weighted by Crippen LogP contribution is -2.30. The molecule has 1 aromatic rings. The SMILES string of the molecule is CCCNc1ccc(C(=O)N2CCC(OC)C2)cn1. The van der Waals surface area contributed by atoms with Gasteiger partial charge >= 0.3 is 0 Å². The minimum atomic E-state index is 0.0362. The molecule has 0 bridgehead atoms. The number of nitrogens with zero attached hydrogens (tertiary/aromatic N) is 2. The van der Waals surface area contributed by atoms with E-state index in [1.54, 1.807) is 13.3 Å². The predicted octanol–water partition coefficient (Wildman–Crippen LogP) is 1.76. The van der Waals surface area contributed by atoms with E-state index in [9.17, 15) is 4.79 Å². The molecule has 19 heavy (non-hydrogen) atoms. The predicted molar refractivity (Wildman–Crippen MR) is 74.3 cm³/mol. The summed E-state index contributed by atoms with van der Waals surface area (Å²) in [6.07, 6.45) is 3.77. The van der Waals surface area contributed by atoms with Crippen LogP contribution in [0, 0.1) is 0 Å². The molecule has 0 aliphatic carbocycles. The van der Waals surface area contributed by atoms with Crippen LogP contribution in [0.3, 0.4) is 0 Å². The van der Waals surface area contributed by atoms with Crippen LogP contribution >= 0.6 is 0 Å². The zero-order chi connectivity index (χ0) is 13.7. The fraction of sp³-hybridized carbons (Fsp3) is 0.571. The van der Waals surface area contributed by atoms with E-state index in [4.69, 9.17) is 4.74 Å². The van der Waals surface area contributed by atoms with Crippen LogP contribution < -0.4 is 5.32 Å². The summed E-state index contributed by atoms with van der Waals surface area (Å²) < 4.78 is 5.27. The van der Waals surface area contributed by atoms with E-state index in [-0.39, 0.29) is 12.0 Å². The van der Waals surface area contributed by atoms with Crippen molar-refractivity contribution in [3.63, 3.8) is 0 Å². The number of hydrogen-bond acceptors (Lipinski definition) is 4. The van der Waals surface area contributed by atoms with E-state index in [0.717, 1.165) is 31.7 Å². The molecule has 1 atom stereocenters. The second kappa shape index (κ2) is 6.52. The number of nitrogens with one attached hydrogen (secondary N) is 1. The van der Waals surface area contributed by atoms with Crippen molar-refractivity contribution in [2.24, 2.45) is 0 Å². The molecule has 0 radical (unpaired) electrons. The van der Waals surface area contributed by atoms with Gasteiger partial charge in [-0.05, 0) is 25.0 Å². The molecule has 1 aliphatic heterocycles. The maximum Gasteiger partial charge on any atom is 0.255 e. The topological polar surface area (TPSA) is 54.5 Å². The molecule has 1 aromatic heterocycles. The zero-order valence-corrected chi connectivity index (χ0v) is 11.6. The molecule has 0 aromatic carbocycles. The first kappa shape index (κ1) is 13.8. The monoisotopic (exact) mass is 263 g/mol. The molecule has 1 fully saturated rings. The smallest absolute Gasteiger partial charge is 0.255 e. The first-order valence-corrected chi connectivity index (χ1v) is 6.76. The lowest BCUT2D eigenvalue weighted by atomic mass is 10.2. The number of methoxy groups -OCH3 is 1. The molecule has 5 heteroatoms. The number of rotatable bonds is 5. The quantitative estimate of drug-likeness (QED) is 0.879. The Balaban J connectivity index is 1.96. The molecule has 2 heterocycles. The van der Waals surface area contributed by atoms with Gasteiger partial charge in [0.1, 0.15) is 5.82 Å². The Morgan fingerprint density at radius 2 is 2.42 bits per heavy atom. The van der Waals surface area contributed by atoms with Crippen LogP contribution in [0.25, 0.3) is 0 Å². The van der Waals surface area contributed by atoms with Crippen molar-refractivity contribution >= 4 is 11.7 Å². The average Bonchev–Trinajstić information content (AvgIpc) is 2.94. The number of carbonyl (C=O) groups excluding carboxylic acids is 1. The first-order chi connectivity index (χ1) is 9.24. The van der Waals surface area contributed by atoms with Crippen molar-refractivity contribution in [1.82, 2.24) is 9.88 Å². The van der Waals surface area contributed by atoms with Gasteiger partial charge in [-0.1, -0.05) is 6.92 Å². The maximum absolute atomic E-state index is 12.2. The van der Waals surface area contributed by atoms with Gasteiger partial charge in [-0.15, -0.1) is 0 Å². The number of amides is 1. The highest BCUT2D eigenvalue weighted by Gasteiger charge is 2.26. The van der Waals surface area contributed by atoms with Crippen LogP contribution in [0.4, 0.5) is 5.82 Å². The minimum absolute atomic E-state index is 0.0362. The van der Waals surface area contributed by atoms with Crippen LogP contribution in [0.1, 0.15) is 30.1 Å². The van der Waals surface area contributed by atoms with Gasteiger partial charge in [-0.3, -0.25) is 4.79 Å². The van der Waals surface area contributed by atoms with Gasteiger partial charge < -0.3 is 15.0 Å². The maximum atomic E-state index is 12.2. The number of ether oxygens (including phenoxy) is 1. The van der Waals surface area contributed by atoms with E-state index in [1.165, 1.54) is 0 Å². The van der Waals surface area contributed by atoms with Gasteiger partial charge in [0, 0.05) is 32.9 Å². The van der Waals surface area contributed by atoms with Crippen LogP contribution in [0.2, 0.25) is 0 Å². The molecule has 104 valence electrons. The van der Waals surface area contributed by atoms with Crippen LogP contribution in [0.15, 0.2) is 18.3 Å². The van der Waals surface area contributed by atoms with Gasteiger partial charge in [0.05, 0.1) is 11.7 Å². The van der Waals surface area contributed by atoms with Crippen molar-refractivity contribution in [1.29, 1.82) is 0 Å².